The van der Waals surface area contributed by atoms with Crippen LogP contribution in [0.25, 0.3) is 0 Å². The Morgan fingerprint density at radius 1 is 1.09 bits per heavy atom. The number of hydrogen-bond acceptors (Lipinski definition) is 4. The maximum Gasteiger partial charge on any atom is 0.205 e. The standard InChI is InChI=1S/C17H15Cl2N3O/c1-17(2,3)15-9(7-20)13(10(8-21)16(22)23-15)14-11(18)5-4-6-12(14)19/h4-6,13H,22H2,1-3H3/t13-/m0/s1. The lowest BCUT2D eigenvalue weighted by molar-refractivity contribution is 0.199. The van der Waals surface area contributed by atoms with Gasteiger partial charge in [-0.3, -0.25) is 0 Å². The molecule has 0 saturated carbocycles. The summed E-state index contributed by atoms with van der Waals surface area (Å²) in [4.78, 5) is 0. The number of ether oxygens (including phenoxy) is 1. The minimum Gasteiger partial charge on any atom is -0.443 e. The van der Waals surface area contributed by atoms with Crippen molar-refractivity contribution in [2.45, 2.75) is 26.7 Å². The molecule has 4 nitrogen and oxygen atoms in total. The van der Waals surface area contributed by atoms with Crippen LogP contribution in [0.1, 0.15) is 32.3 Å². The van der Waals surface area contributed by atoms with Gasteiger partial charge in [-0.15, -0.1) is 0 Å². The summed E-state index contributed by atoms with van der Waals surface area (Å²) in [6.07, 6.45) is 0. The Kier molecular flexibility index (Phi) is 4.61. The second-order valence-electron chi connectivity index (χ2n) is 6.16. The van der Waals surface area contributed by atoms with E-state index in [-0.39, 0.29) is 11.5 Å². The number of halogens is 2. The van der Waals surface area contributed by atoms with Crippen molar-refractivity contribution >= 4 is 23.2 Å². The summed E-state index contributed by atoms with van der Waals surface area (Å²) < 4.78 is 5.60. The molecule has 0 unspecified atom stereocenters. The largest absolute Gasteiger partial charge is 0.443 e. The summed E-state index contributed by atoms with van der Waals surface area (Å²) in [6.45, 7) is 5.70. The molecule has 0 radical (unpaired) electrons. The molecule has 1 atom stereocenters. The van der Waals surface area contributed by atoms with Crippen LogP contribution in [0.15, 0.2) is 41.0 Å². The molecule has 0 bridgehead atoms. The van der Waals surface area contributed by atoms with Gasteiger partial charge < -0.3 is 10.5 Å². The summed E-state index contributed by atoms with van der Waals surface area (Å²) >= 11 is 12.6. The van der Waals surface area contributed by atoms with Gasteiger partial charge in [0.25, 0.3) is 0 Å². The number of hydrogen-bond donors (Lipinski definition) is 1. The number of nitrogens with two attached hydrogens (primary N) is 1. The molecule has 0 aliphatic carbocycles. The van der Waals surface area contributed by atoms with Crippen LogP contribution in [0.4, 0.5) is 0 Å². The zero-order valence-corrected chi connectivity index (χ0v) is 14.5. The zero-order valence-electron chi connectivity index (χ0n) is 12.9. The third-order valence-electron chi connectivity index (χ3n) is 3.51. The van der Waals surface area contributed by atoms with E-state index >= 15 is 0 Å². The molecule has 1 aromatic carbocycles. The van der Waals surface area contributed by atoms with Gasteiger partial charge in [0.2, 0.25) is 5.88 Å². The van der Waals surface area contributed by atoms with Crippen LogP contribution in [0.5, 0.6) is 0 Å². The molecule has 2 rings (SSSR count). The summed E-state index contributed by atoms with van der Waals surface area (Å²) in [5.74, 6) is -0.357. The van der Waals surface area contributed by atoms with Gasteiger partial charge in [-0.05, 0) is 12.1 Å². The number of rotatable bonds is 1. The number of allylic oxidation sites excluding steroid dienone is 3. The van der Waals surface area contributed by atoms with E-state index in [1.54, 1.807) is 18.2 Å². The van der Waals surface area contributed by atoms with Gasteiger partial charge in [0.1, 0.15) is 17.4 Å². The molecule has 1 aliphatic rings. The van der Waals surface area contributed by atoms with Crippen molar-refractivity contribution in [2.75, 3.05) is 0 Å². The molecule has 0 aromatic heterocycles. The summed E-state index contributed by atoms with van der Waals surface area (Å²) in [6, 6.07) is 9.19. The normalized spacial score (nSPS) is 18.3. The van der Waals surface area contributed by atoms with Crippen molar-refractivity contribution in [2.24, 2.45) is 11.1 Å². The highest BCUT2D eigenvalue weighted by atomic mass is 35.5. The lowest BCUT2D eigenvalue weighted by Gasteiger charge is -2.32. The number of benzene rings is 1. The lowest BCUT2D eigenvalue weighted by Crippen LogP contribution is -2.26. The molecule has 0 fully saturated rings. The van der Waals surface area contributed by atoms with Gasteiger partial charge in [-0.25, -0.2) is 0 Å². The molecule has 1 aliphatic heterocycles. The quantitative estimate of drug-likeness (QED) is 0.802. The van der Waals surface area contributed by atoms with Gasteiger partial charge in [-0.2, -0.15) is 10.5 Å². The van der Waals surface area contributed by atoms with Crippen LogP contribution < -0.4 is 5.73 Å². The van der Waals surface area contributed by atoms with Crippen molar-refractivity contribution < 1.29 is 4.74 Å². The van der Waals surface area contributed by atoms with E-state index in [9.17, 15) is 10.5 Å². The predicted molar refractivity (Wildman–Crippen MR) is 89.2 cm³/mol. The highest BCUT2D eigenvalue weighted by Crippen LogP contribution is 2.47. The third kappa shape index (κ3) is 3.01. The van der Waals surface area contributed by atoms with E-state index < -0.39 is 11.3 Å². The predicted octanol–water partition coefficient (Wildman–Crippen LogP) is 4.62. The van der Waals surface area contributed by atoms with Crippen molar-refractivity contribution in [3.63, 3.8) is 0 Å². The van der Waals surface area contributed by atoms with E-state index in [1.807, 2.05) is 26.8 Å². The van der Waals surface area contributed by atoms with Crippen LogP contribution in [0.2, 0.25) is 10.0 Å². The molecule has 23 heavy (non-hydrogen) atoms. The first-order valence-corrected chi connectivity index (χ1v) is 7.64. The minimum atomic E-state index is -0.742. The second-order valence-corrected chi connectivity index (χ2v) is 6.98. The molecule has 6 heteroatoms. The molecular formula is C17H15Cl2N3O. The first-order valence-electron chi connectivity index (χ1n) is 6.88. The Morgan fingerprint density at radius 3 is 2.04 bits per heavy atom. The molecule has 1 aromatic rings. The Balaban J connectivity index is 2.84. The van der Waals surface area contributed by atoms with E-state index in [2.05, 4.69) is 6.07 Å². The molecule has 2 N–H and O–H groups in total. The van der Waals surface area contributed by atoms with E-state index in [1.165, 1.54) is 0 Å². The molecule has 118 valence electrons. The number of nitrogens with zero attached hydrogens (tertiary/aromatic N) is 2. The van der Waals surface area contributed by atoms with Gasteiger partial charge in [0.05, 0.1) is 17.6 Å². The fourth-order valence-electron chi connectivity index (χ4n) is 2.50. The maximum absolute atomic E-state index is 9.69. The summed E-state index contributed by atoms with van der Waals surface area (Å²) in [5.41, 5.74) is 6.36. The topological polar surface area (TPSA) is 82.8 Å². The van der Waals surface area contributed by atoms with E-state index in [0.29, 0.717) is 26.9 Å². The fraction of sp³-hybridized carbons (Fsp3) is 0.294. The van der Waals surface area contributed by atoms with Crippen molar-refractivity contribution in [1.29, 1.82) is 10.5 Å². The van der Waals surface area contributed by atoms with Gasteiger partial charge >= 0.3 is 0 Å². The van der Waals surface area contributed by atoms with Crippen molar-refractivity contribution in [3.05, 3.63) is 56.6 Å². The third-order valence-corrected chi connectivity index (χ3v) is 4.17. The monoisotopic (exact) mass is 347 g/mol. The highest BCUT2D eigenvalue weighted by Gasteiger charge is 2.39. The second kappa shape index (κ2) is 6.16. The Bertz CT molecular complexity index is 784. The first-order chi connectivity index (χ1) is 10.7. The van der Waals surface area contributed by atoms with Crippen molar-refractivity contribution in [3.8, 4) is 12.1 Å². The zero-order chi connectivity index (χ0) is 17.4. The van der Waals surface area contributed by atoms with E-state index in [0.717, 1.165) is 0 Å². The molecular weight excluding hydrogens is 333 g/mol. The molecule has 0 spiro atoms. The smallest absolute Gasteiger partial charge is 0.205 e. The SMILES string of the molecule is CC(C)(C)C1=C(C#N)[C@H](c2c(Cl)cccc2Cl)C(C#N)=C(N)O1. The highest BCUT2D eigenvalue weighted by molar-refractivity contribution is 6.36. The molecule has 0 saturated heterocycles. The van der Waals surface area contributed by atoms with Crippen LogP contribution in [0.3, 0.4) is 0 Å². The van der Waals surface area contributed by atoms with Crippen LogP contribution in [-0.2, 0) is 4.74 Å². The van der Waals surface area contributed by atoms with Gasteiger partial charge in [0.15, 0.2) is 0 Å². The fourth-order valence-corrected chi connectivity index (χ4v) is 3.12. The Labute approximate surface area is 145 Å². The van der Waals surface area contributed by atoms with Crippen molar-refractivity contribution in [1.82, 2.24) is 0 Å². The lowest BCUT2D eigenvalue weighted by atomic mass is 9.79. The molecule has 1 heterocycles. The van der Waals surface area contributed by atoms with Crippen LogP contribution in [-0.4, -0.2) is 0 Å². The summed E-state index contributed by atoms with van der Waals surface area (Å²) in [5, 5.41) is 19.9. The molecule has 0 amide bonds. The minimum absolute atomic E-state index is 0.0302. The van der Waals surface area contributed by atoms with Gasteiger partial charge in [0, 0.05) is 21.0 Å². The Morgan fingerprint density at radius 2 is 1.61 bits per heavy atom. The number of nitriles is 2. The first kappa shape index (κ1) is 17.2. The van der Waals surface area contributed by atoms with Gasteiger partial charge in [-0.1, -0.05) is 50.0 Å². The average Bonchev–Trinajstić information content (AvgIpc) is 2.45. The average molecular weight is 348 g/mol. The van der Waals surface area contributed by atoms with Crippen LogP contribution >= 0.6 is 23.2 Å². The summed E-state index contributed by atoms with van der Waals surface area (Å²) in [7, 11) is 0. The Hall–Kier alpha value is -2.14. The van der Waals surface area contributed by atoms with E-state index in [4.69, 9.17) is 33.7 Å². The van der Waals surface area contributed by atoms with Crippen LogP contribution in [0, 0.1) is 28.1 Å². The maximum atomic E-state index is 9.69.